The highest BCUT2D eigenvalue weighted by atomic mass is 35.5. The molecule has 0 atom stereocenters. The SMILES string of the molecule is O=C(c1ccc(-n2cccn2)cc1Cl)N1CCCCc2ccccc21. The largest absolute Gasteiger partial charge is 0.308 e. The average Bonchev–Trinajstić information content (AvgIpc) is 3.08. The molecule has 5 heteroatoms. The molecular weight excluding hydrogens is 334 g/mol. The third-order valence-electron chi connectivity index (χ3n) is 4.56. The van der Waals surface area contributed by atoms with Gasteiger partial charge in [0.25, 0.3) is 5.91 Å². The summed E-state index contributed by atoms with van der Waals surface area (Å²) >= 11 is 6.44. The molecule has 0 spiro atoms. The van der Waals surface area contributed by atoms with E-state index in [4.69, 9.17) is 11.6 Å². The van der Waals surface area contributed by atoms with E-state index in [1.54, 1.807) is 23.0 Å². The Hall–Kier alpha value is -2.59. The zero-order valence-corrected chi connectivity index (χ0v) is 14.5. The van der Waals surface area contributed by atoms with Crippen molar-refractivity contribution in [3.63, 3.8) is 0 Å². The summed E-state index contributed by atoms with van der Waals surface area (Å²) in [4.78, 5) is 15.0. The maximum Gasteiger partial charge on any atom is 0.259 e. The lowest BCUT2D eigenvalue weighted by Gasteiger charge is -2.23. The van der Waals surface area contributed by atoms with E-state index in [9.17, 15) is 4.79 Å². The number of anilines is 1. The summed E-state index contributed by atoms with van der Waals surface area (Å²) in [5.74, 6) is -0.0497. The van der Waals surface area contributed by atoms with E-state index in [0.29, 0.717) is 17.1 Å². The number of hydrogen-bond acceptors (Lipinski definition) is 2. The molecule has 0 unspecified atom stereocenters. The summed E-state index contributed by atoms with van der Waals surface area (Å²) < 4.78 is 1.72. The van der Waals surface area contributed by atoms with Crippen LogP contribution < -0.4 is 4.90 Å². The van der Waals surface area contributed by atoms with Crippen molar-refractivity contribution in [3.8, 4) is 5.69 Å². The van der Waals surface area contributed by atoms with Crippen molar-refractivity contribution in [2.45, 2.75) is 19.3 Å². The Morgan fingerprint density at radius 2 is 1.96 bits per heavy atom. The molecule has 1 aromatic heterocycles. The summed E-state index contributed by atoms with van der Waals surface area (Å²) in [5.41, 5.74) is 3.58. The Kier molecular flexibility index (Phi) is 4.28. The molecule has 126 valence electrons. The first-order valence-corrected chi connectivity index (χ1v) is 8.81. The lowest BCUT2D eigenvalue weighted by molar-refractivity contribution is 0.0987. The Balaban J connectivity index is 1.69. The van der Waals surface area contributed by atoms with Gasteiger partial charge in [-0.05, 0) is 55.2 Å². The van der Waals surface area contributed by atoms with E-state index in [2.05, 4.69) is 11.2 Å². The fourth-order valence-electron chi connectivity index (χ4n) is 3.29. The lowest BCUT2D eigenvalue weighted by Crippen LogP contribution is -2.32. The highest BCUT2D eigenvalue weighted by Crippen LogP contribution is 2.29. The summed E-state index contributed by atoms with van der Waals surface area (Å²) in [7, 11) is 0. The highest BCUT2D eigenvalue weighted by Gasteiger charge is 2.23. The second-order valence-corrected chi connectivity index (χ2v) is 6.56. The number of halogens is 1. The van der Waals surface area contributed by atoms with E-state index in [1.807, 2.05) is 41.4 Å². The molecule has 2 aromatic carbocycles. The number of aryl methyl sites for hydroxylation is 1. The number of carbonyl (C=O) groups excluding carboxylic acids is 1. The van der Waals surface area contributed by atoms with Gasteiger partial charge in [-0.3, -0.25) is 4.79 Å². The number of amides is 1. The molecule has 25 heavy (non-hydrogen) atoms. The molecular formula is C20H18ClN3O. The minimum Gasteiger partial charge on any atom is -0.308 e. The fourth-order valence-corrected chi connectivity index (χ4v) is 3.54. The predicted molar refractivity (Wildman–Crippen MR) is 99.6 cm³/mol. The molecule has 0 bridgehead atoms. The van der Waals surface area contributed by atoms with Crippen molar-refractivity contribution in [2.24, 2.45) is 0 Å². The standard InChI is InChI=1S/C20H18ClN3O/c21-18-14-16(24-13-5-11-22-24)9-10-17(18)20(25)23-12-4-3-7-15-6-1-2-8-19(15)23/h1-2,5-6,8-11,13-14H,3-4,7,12H2. The van der Waals surface area contributed by atoms with Gasteiger partial charge in [0.2, 0.25) is 0 Å². The van der Waals surface area contributed by atoms with Crippen LogP contribution in [0.5, 0.6) is 0 Å². The summed E-state index contributed by atoms with van der Waals surface area (Å²) in [6.45, 7) is 0.715. The third kappa shape index (κ3) is 3.05. The van der Waals surface area contributed by atoms with Gasteiger partial charge in [-0.15, -0.1) is 0 Å². The Labute approximate surface area is 151 Å². The zero-order valence-electron chi connectivity index (χ0n) is 13.7. The van der Waals surface area contributed by atoms with Crippen LogP contribution in [0.1, 0.15) is 28.8 Å². The first-order valence-electron chi connectivity index (χ1n) is 8.43. The first-order chi connectivity index (χ1) is 12.2. The van der Waals surface area contributed by atoms with Crippen LogP contribution in [0.4, 0.5) is 5.69 Å². The molecule has 0 N–H and O–H groups in total. The van der Waals surface area contributed by atoms with Gasteiger partial charge >= 0.3 is 0 Å². The van der Waals surface area contributed by atoms with Crippen LogP contribution in [0.2, 0.25) is 5.02 Å². The molecule has 0 saturated carbocycles. The van der Waals surface area contributed by atoms with Gasteiger partial charge in [-0.25, -0.2) is 4.68 Å². The van der Waals surface area contributed by atoms with Crippen LogP contribution in [0.25, 0.3) is 5.69 Å². The van der Waals surface area contributed by atoms with E-state index in [-0.39, 0.29) is 5.91 Å². The highest BCUT2D eigenvalue weighted by molar-refractivity contribution is 6.34. The predicted octanol–water partition coefficient (Wildman–Crippen LogP) is 4.51. The molecule has 0 radical (unpaired) electrons. The van der Waals surface area contributed by atoms with Gasteiger partial charge < -0.3 is 4.90 Å². The molecule has 0 fully saturated rings. The first kappa shape index (κ1) is 15.9. The fraction of sp³-hybridized carbons (Fsp3) is 0.200. The van der Waals surface area contributed by atoms with Crippen molar-refractivity contribution in [3.05, 3.63) is 77.1 Å². The van der Waals surface area contributed by atoms with E-state index >= 15 is 0 Å². The van der Waals surface area contributed by atoms with Crippen LogP contribution in [0.3, 0.4) is 0 Å². The van der Waals surface area contributed by atoms with Crippen molar-refractivity contribution in [2.75, 3.05) is 11.4 Å². The van der Waals surface area contributed by atoms with E-state index in [0.717, 1.165) is 30.6 Å². The second-order valence-electron chi connectivity index (χ2n) is 6.16. The summed E-state index contributed by atoms with van der Waals surface area (Å²) in [6, 6.07) is 15.4. The van der Waals surface area contributed by atoms with Crippen molar-refractivity contribution in [1.29, 1.82) is 0 Å². The maximum atomic E-state index is 13.2. The maximum absolute atomic E-state index is 13.2. The van der Waals surface area contributed by atoms with Gasteiger partial charge in [0.15, 0.2) is 0 Å². The van der Waals surface area contributed by atoms with Gasteiger partial charge in [0.05, 0.1) is 16.3 Å². The number of nitrogens with zero attached hydrogens (tertiary/aromatic N) is 3. The molecule has 4 nitrogen and oxygen atoms in total. The molecule has 1 aliphatic rings. The summed E-state index contributed by atoms with van der Waals surface area (Å²) in [6.07, 6.45) is 6.64. The smallest absolute Gasteiger partial charge is 0.259 e. The number of hydrogen-bond donors (Lipinski definition) is 0. The quantitative estimate of drug-likeness (QED) is 0.681. The Bertz CT molecular complexity index is 905. The van der Waals surface area contributed by atoms with Crippen LogP contribution >= 0.6 is 11.6 Å². The molecule has 0 saturated heterocycles. The topological polar surface area (TPSA) is 38.1 Å². The normalized spacial score (nSPS) is 14.0. The second kappa shape index (κ2) is 6.73. The van der Waals surface area contributed by atoms with Crippen molar-refractivity contribution < 1.29 is 4.79 Å². The van der Waals surface area contributed by atoms with Crippen LogP contribution in [0, 0.1) is 0 Å². The molecule has 1 aliphatic heterocycles. The Morgan fingerprint density at radius 1 is 1.08 bits per heavy atom. The molecule has 2 heterocycles. The third-order valence-corrected chi connectivity index (χ3v) is 4.87. The number of benzene rings is 2. The average molecular weight is 352 g/mol. The minimum absolute atomic E-state index is 0.0497. The Morgan fingerprint density at radius 3 is 2.76 bits per heavy atom. The molecule has 0 aliphatic carbocycles. The van der Waals surface area contributed by atoms with Gasteiger partial charge in [-0.2, -0.15) is 5.10 Å². The van der Waals surface area contributed by atoms with E-state index in [1.165, 1.54) is 5.56 Å². The van der Waals surface area contributed by atoms with Gasteiger partial charge in [-0.1, -0.05) is 29.8 Å². The number of carbonyl (C=O) groups is 1. The van der Waals surface area contributed by atoms with Crippen LogP contribution in [-0.2, 0) is 6.42 Å². The summed E-state index contributed by atoms with van der Waals surface area (Å²) in [5, 5.41) is 4.64. The molecule has 4 rings (SSSR count). The number of para-hydroxylation sites is 1. The van der Waals surface area contributed by atoms with Crippen molar-refractivity contribution in [1.82, 2.24) is 9.78 Å². The van der Waals surface area contributed by atoms with E-state index < -0.39 is 0 Å². The molecule has 1 amide bonds. The molecule has 3 aromatic rings. The van der Waals surface area contributed by atoms with Crippen LogP contribution in [-0.4, -0.2) is 22.2 Å². The minimum atomic E-state index is -0.0497. The van der Waals surface area contributed by atoms with Gasteiger partial charge in [0, 0.05) is 24.6 Å². The van der Waals surface area contributed by atoms with Gasteiger partial charge in [0.1, 0.15) is 0 Å². The van der Waals surface area contributed by atoms with Crippen LogP contribution in [0.15, 0.2) is 60.9 Å². The number of rotatable bonds is 2. The monoisotopic (exact) mass is 351 g/mol. The van der Waals surface area contributed by atoms with Crippen molar-refractivity contribution >= 4 is 23.2 Å². The number of aromatic nitrogens is 2. The lowest BCUT2D eigenvalue weighted by atomic mass is 10.1. The number of fused-ring (bicyclic) bond motifs is 1. The zero-order chi connectivity index (χ0) is 17.2.